The van der Waals surface area contributed by atoms with Crippen molar-refractivity contribution in [3.05, 3.63) is 76.5 Å². The molecule has 0 aromatic heterocycles. The maximum Gasteiger partial charge on any atom is 0.253 e. The van der Waals surface area contributed by atoms with Crippen molar-refractivity contribution in [1.82, 2.24) is 10.2 Å². The molecule has 1 aliphatic rings. The maximum atomic E-state index is 14.1. The monoisotopic (exact) mass is 401 g/mol. The fraction of sp³-hybridized carbons (Fsp3) is 0.238. The summed E-state index contributed by atoms with van der Waals surface area (Å²) >= 11 is 5.52. The normalized spacial score (nSPS) is 16.9. The molecule has 2 aromatic rings. The fourth-order valence-electron chi connectivity index (χ4n) is 3.23. The van der Waals surface area contributed by atoms with Gasteiger partial charge in [0.25, 0.3) is 5.91 Å². The molecule has 0 radical (unpaired) electrons. The highest BCUT2D eigenvalue weighted by molar-refractivity contribution is 7.80. The number of benzene rings is 2. The third-order valence-electron chi connectivity index (χ3n) is 4.72. The topological polar surface area (TPSA) is 35.6 Å². The summed E-state index contributed by atoms with van der Waals surface area (Å²) in [5, 5.41) is 3.43. The van der Waals surface area contributed by atoms with Crippen LogP contribution >= 0.6 is 12.2 Å². The number of hydrogen-bond acceptors (Lipinski definition) is 2. The highest BCUT2D eigenvalue weighted by atomic mass is 32.1. The van der Waals surface area contributed by atoms with Crippen LogP contribution in [0.3, 0.4) is 0 Å². The molecule has 1 aliphatic heterocycles. The van der Waals surface area contributed by atoms with Crippen LogP contribution in [0.2, 0.25) is 0 Å². The number of allylic oxidation sites excluding steroid dienone is 1. The first-order chi connectivity index (χ1) is 13.2. The van der Waals surface area contributed by atoms with Gasteiger partial charge >= 0.3 is 0 Å². The van der Waals surface area contributed by atoms with E-state index in [1.165, 1.54) is 23.1 Å². The number of carbonyl (C=O) groups is 1. The van der Waals surface area contributed by atoms with Crippen LogP contribution < -0.4 is 10.2 Å². The summed E-state index contributed by atoms with van der Waals surface area (Å²) in [6.07, 6.45) is 0. The third-order valence-corrected chi connectivity index (χ3v) is 5.02. The van der Waals surface area contributed by atoms with Crippen molar-refractivity contribution in [2.24, 2.45) is 0 Å². The molecule has 7 heteroatoms. The van der Waals surface area contributed by atoms with E-state index in [0.29, 0.717) is 33.2 Å². The molecular weight excluding hydrogens is 380 g/mol. The number of rotatable bonds is 3. The van der Waals surface area contributed by atoms with E-state index in [1.807, 2.05) is 0 Å². The summed E-state index contributed by atoms with van der Waals surface area (Å²) in [5.41, 5.74) is 2.61. The van der Waals surface area contributed by atoms with Gasteiger partial charge in [-0.25, -0.2) is 8.78 Å². The van der Waals surface area contributed by atoms with Crippen LogP contribution in [0.15, 0.2) is 53.7 Å². The van der Waals surface area contributed by atoms with Gasteiger partial charge in [0.1, 0.15) is 11.6 Å². The van der Waals surface area contributed by atoms with Crippen molar-refractivity contribution in [1.29, 1.82) is 0 Å². The highest BCUT2D eigenvalue weighted by Gasteiger charge is 2.35. The molecule has 28 heavy (non-hydrogen) atoms. The Morgan fingerprint density at radius 3 is 2.46 bits per heavy atom. The zero-order valence-corrected chi connectivity index (χ0v) is 16.9. The summed E-state index contributed by atoms with van der Waals surface area (Å²) in [6, 6.07) is 10.2. The Morgan fingerprint density at radius 2 is 1.86 bits per heavy atom. The van der Waals surface area contributed by atoms with Gasteiger partial charge in [0.05, 0.1) is 17.3 Å². The van der Waals surface area contributed by atoms with Gasteiger partial charge in [-0.3, -0.25) is 9.69 Å². The first kappa shape index (κ1) is 19.9. The van der Waals surface area contributed by atoms with Crippen LogP contribution in [0.4, 0.5) is 14.5 Å². The summed E-state index contributed by atoms with van der Waals surface area (Å²) < 4.78 is 27.9. The van der Waals surface area contributed by atoms with E-state index in [2.05, 4.69) is 5.32 Å². The zero-order valence-electron chi connectivity index (χ0n) is 16.1. The molecule has 0 saturated carbocycles. The molecule has 0 unspecified atom stereocenters. The minimum atomic E-state index is -0.607. The molecule has 0 bridgehead atoms. The number of amides is 1. The molecular formula is C21H21F2N3OS. The van der Waals surface area contributed by atoms with E-state index in [9.17, 15) is 13.6 Å². The number of nitrogens with zero attached hydrogens (tertiary/aromatic N) is 2. The molecule has 0 saturated heterocycles. The van der Waals surface area contributed by atoms with Gasteiger partial charge in [-0.15, -0.1) is 0 Å². The minimum absolute atomic E-state index is 0.237. The van der Waals surface area contributed by atoms with Crippen LogP contribution in [-0.2, 0) is 4.79 Å². The zero-order chi connectivity index (χ0) is 20.6. The predicted molar refractivity (Wildman–Crippen MR) is 110 cm³/mol. The van der Waals surface area contributed by atoms with Crippen molar-refractivity contribution in [3.8, 4) is 0 Å². The second-order valence-electron chi connectivity index (χ2n) is 6.91. The fourth-order valence-corrected chi connectivity index (χ4v) is 3.59. The number of anilines is 1. The Bertz CT molecular complexity index is 987. The lowest BCUT2D eigenvalue weighted by atomic mass is 9.93. The SMILES string of the molecule is CC1=C(C(=O)N(C)C)[C@H](c2cccc(F)c2)NC(=S)N1c1ccc(C)c(F)c1. The molecule has 0 aliphatic carbocycles. The lowest BCUT2D eigenvalue weighted by Gasteiger charge is -2.38. The van der Waals surface area contributed by atoms with Gasteiger partial charge in [-0.05, 0) is 61.5 Å². The number of aryl methyl sites for hydroxylation is 1. The molecule has 1 atom stereocenters. The van der Waals surface area contributed by atoms with E-state index >= 15 is 0 Å². The Labute approximate surface area is 168 Å². The van der Waals surface area contributed by atoms with Crippen molar-refractivity contribution in [3.63, 3.8) is 0 Å². The van der Waals surface area contributed by atoms with E-state index in [4.69, 9.17) is 12.2 Å². The van der Waals surface area contributed by atoms with Gasteiger partial charge in [0, 0.05) is 19.8 Å². The largest absolute Gasteiger partial charge is 0.351 e. The summed E-state index contributed by atoms with van der Waals surface area (Å²) in [7, 11) is 3.29. The molecule has 3 rings (SSSR count). The maximum absolute atomic E-state index is 14.1. The number of nitrogens with one attached hydrogen (secondary N) is 1. The first-order valence-electron chi connectivity index (χ1n) is 8.75. The first-order valence-corrected chi connectivity index (χ1v) is 9.16. The molecule has 4 nitrogen and oxygen atoms in total. The van der Waals surface area contributed by atoms with Gasteiger partial charge in [0.2, 0.25) is 0 Å². The van der Waals surface area contributed by atoms with Gasteiger partial charge in [0.15, 0.2) is 5.11 Å². The highest BCUT2D eigenvalue weighted by Crippen LogP contribution is 2.35. The Morgan fingerprint density at radius 1 is 1.14 bits per heavy atom. The Hall–Kier alpha value is -2.80. The van der Waals surface area contributed by atoms with Crippen LogP contribution in [0, 0.1) is 18.6 Å². The molecule has 1 amide bonds. The summed E-state index contributed by atoms with van der Waals surface area (Å²) in [4.78, 5) is 16.1. The van der Waals surface area contributed by atoms with Crippen LogP contribution in [0.25, 0.3) is 0 Å². The van der Waals surface area contributed by atoms with Crippen molar-refractivity contribution >= 4 is 28.9 Å². The van der Waals surface area contributed by atoms with Gasteiger partial charge < -0.3 is 10.2 Å². The number of hydrogen-bond donors (Lipinski definition) is 1. The van der Waals surface area contributed by atoms with Crippen molar-refractivity contribution in [2.45, 2.75) is 19.9 Å². The number of likely N-dealkylation sites (N-methyl/N-ethyl adjacent to an activating group) is 1. The second-order valence-corrected chi connectivity index (χ2v) is 7.29. The van der Waals surface area contributed by atoms with Crippen LogP contribution in [0.1, 0.15) is 24.1 Å². The minimum Gasteiger partial charge on any atom is -0.351 e. The predicted octanol–water partition coefficient (Wildman–Crippen LogP) is 4.07. The van der Waals surface area contributed by atoms with Crippen molar-refractivity contribution < 1.29 is 13.6 Å². The van der Waals surface area contributed by atoms with E-state index < -0.39 is 11.9 Å². The number of thiocarbonyl (C=S) groups is 1. The Kier molecular flexibility index (Phi) is 5.47. The molecule has 2 aromatic carbocycles. The lowest BCUT2D eigenvalue weighted by molar-refractivity contribution is -0.125. The third kappa shape index (κ3) is 3.62. The molecule has 0 spiro atoms. The standard InChI is InChI=1S/C21H21F2N3OS/c1-12-8-9-16(11-17(12)23)26-13(2)18(20(27)25(3)4)19(24-21(26)28)14-6-5-7-15(22)10-14/h5-11,19H,1-4H3,(H,24,28)/t19-/m0/s1. The second kappa shape index (κ2) is 7.67. The van der Waals surface area contributed by atoms with E-state index in [-0.39, 0.29) is 11.7 Å². The number of carbonyl (C=O) groups excluding carboxylic acids is 1. The van der Waals surface area contributed by atoms with E-state index in [1.54, 1.807) is 57.1 Å². The quantitative estimate of drug-likeness (QED) is 0.787. The van der Waals surface area contributed by atoms with Crippen LogP contribution in [-0.4, -0.2) is 30.0 Å². The van der Waals surface area contributed by atoms with E-state index in [0.717, 1.165) is 0 Å². The average Bonchev–Trinajstić information content (AvgIpc) is 2.63. The van der Waals surface area contributed by atoms with Crippen LogP contribution in [0.5, 0.6) is 0 Å². The number of halogens is 2. The lowest BCUT2D eigenvalue weighted by Crippen LogP contribution is -2.49. The smallest absolute Gasteiger partial charge is 0.253 e. The molecule has 0 fully saturated rings. The van der Waals surface area contributed by atoms with Gasteiger partial charge in [-0.2, -0.15) is 0 Å². The molecule has 146 valence electrons. The molecule has 1 heterocycles. The van der Waals surface area contributed by atoms with Gasteiger partial charge in [-0.1, -0.05) is 18.2 Å². The summed E-state index contributed by atoms with van der Waals surface area (Å²) in [5.74, 6) is -0.997. The van der Waals surface area contributed by atoms with Crippen molar-refractivity contribution in [2.75, 3.05) is 19.0 Å². The Balaban J connectivity index is 2.18. The average molecular weight is 401 g/mol. The summed E-state index contributed by atoms with van der Waals surface area (Å²) in [6.45, 7) is 3.43. The molecule has 1 N–H and O–H groups in total.